The maximum Gasteiger partial charge on any atom is 0.337 e. The summed E-state index contributed by atoms with van der Waals surface area (Å²) in [5.74, 6) is 0.889. The van der Waals surface area contributed by atoms with Gasteiger partial charge in [0.1, 0.15) is 18.5 Å². The first-order valence-corrected chi connectivity index (χ1v) is 15.9. The SMILES string of the molecule is COc1ccc([C@H]2CC(=O)C3=C(C2)NC(C)=C(C(=O)OC2CCCCC2)[C@@H]3c2ccccc2OCc2ccccc2)cc1OC. The summed E-state index contributed by atoms with van der Waals surface area (Å²) in [4.78, 5) is 28.3. The first kappa shape index (κ1) is 30.5. The zero-order chi connectivity index (χ0) is 31.3. The lowest BCUT2D eigenvalue weighted by atomic mass is 9.71. The maximum absolute atomic E-state index is 14.3. The Labute approximate surface area is 265 Å². The molecule has 45 heavy (non-hydrogen) atoms. The number of methoxy groups -OCH3 is 2. The van der Waals surface area contributed by atoms with Crippen molar-refractivity contribution in [1.82, 2.24) is 5.32 Å². The van der Waals surface area contributed by atoms with E-state index in [9.17, 15) is 9.59 Å². The molecule has 0 saturated heterocycles. The number of allylic oxidation sites excluding steroid dienone is 3. The highest BCUT2D eigenvalue weighted by Crippen LogP contribution is 2.48. The van der Waals surface area contributed by atoms with E-state index in [1.54, 1.807) is 14.2 Å². The first-order chi connectivity index (χ1) is 22.0. The van der Waals surface area contributed by atoms with Crippen LogP contribution in [0, 0.1) is 0 Å². The van der Waals surface area contributed by atoms with Crippen LogP contribution < -0.4 is 19.5 Å². The minimum absolute atomic E-state index is 0.00173. The third-order valence-electron chi connectivity index (χ3n) is 9.22. The molecule has 0 spiro atoms. The minimum Gasteiger partial charge on any atom is -0.493 e. The lowest BCUT2D eigenvalue weighted by molar-refractivity contribution is -0.146. The van der Waals surface area contributed by atoms with Gasteiger partial charge in [-0.15, -0.1) is 0 Å². The summed E-state index contributed by atoms with van der Waals surface area (Å²) in [5, 5.41) is 3.49. The number of dihydropyridines is 1. The number of ketones is 1. The number of benzene rings is 3. The number of carbonyl (C=O) groups is 2. The fourth-order valence-corrected chi connectivity index (χ4v) is 6.95. The summed E-state index contributed by atoms with van der Waals surface area (Å²) in [7, 11) is 3.22. The highest BCUT2D eigenvalue weighted by molar-refractivity contribution is 6.04. The zero-order valence-electron chi connectivity index (χ0n) is 26.3. The Bertz CT molecular complexity index is 1620. The van der Waals surface area contributed by atoms with Gasteiger partial charge in [-0.1, -0.05) is 61.0 Å². The normalized spacial score (nSPS) is 20.3. The van der Waals surface area contributed by atoms with E-state index >= 15 is 0 Å². The molecule has 6 rings (SSSR count). The number of ether oxygens (including phenoxy) is 4. The predicted octanol–water partition coefficient (Wildman–Crippen LogP) is 7.52. The van der Waals surface area contributed by atoms with Crippen LogP contribution in [0.2, 0.25) is 0 Å². The monoisotopic (exact) mass is 607 g/mol. The van der Waals surface area contributed by atoms with Gasteiger partial charge in [-0.05, 0) is 74.3 Å². The van der Waals surface area contributed by atoms with Crippen molar-refractivity contribution in [3.8, 4) is 17.2 Å². The molecule has 0 unspecified atom stereocenters. The van der Waals surface area contributed by atoms with Crippen molar-refractivity contribution in [3.05, 3.63) is 112 Å². The van der Waals surface area contributed by atoms with E-state index in [1.165, 1.54) is 0 Å². The van der Waals surface area contributed by atoms with Gasteiger partial charge in [0, 0.05) is 29.0 Å². The average Bonchev–Trinajstić information content (AvgIpc) is 3.07. The number of carbonyl (C=O) groups excluding carboxylic acids is 2. The van der Waals surface area contributed by atoms with Crippen molar-refractivity contribution in [3.63, 3.8) is 0 Å². The van der Waals surface area contributed by atoms with Gasteiger partial charge in [-0.2, -0.15) is 0 Å². The van der Waals surface area contributed by atoms with Crippen LogP contribution in [0.4, 0.5) is 0 Å². The van der Waals surface area contributed by atoms with Gasteiger partial charge in [-0.3, -0.25) is 4.79 Å². The van der Waals surface area contributed by atoms with Crippen LogP contribution in [0.3, 0.4) is 0 Å². The Morgan fingerprint density at radius 2 is 1.58 bits per heavy atom. The predicted molar refractivity (Wildman–Crippen MR) is 172 cm³/mol. The third-order valence-corrected chi connectivity index (χ3v) is 9.22. The van der Waals surface area contributed by atoms with Gasteiger partial charge < -0.3 is 24.3 Å². The molecule has 0 amide bonds. The zero-order valence-corrected chi connectivity index (χ0v) is 26.3. The van der Waals surface area contributed by atoms with E-state index in [4.69, 9.17) is 18.9 Å². The number of hydrogen-bond donors (Lipinski definition) is 1. The second-order valence-corrected chi connectivity index (χ2v) is 12.1. The summed E-state index contributed by atoms with van der Waals surface area (Å²) in [6, 6.07) is 23.5. The van der Waals surface area contributed by atoms with E-state index in [1.807, 2.05) is 79.7 Å². The number of hydrogen-bond acceptors (Lipinski definition) is 7. The number of Topliss-reactive ketones (excluding diaryl/α,β-unsaturated/α-hetero) is 1. The van der Waals surface area contributed by atoms with Crippen molar-refractivity contribution in [2.45, 2.75) is 76.4 Å². The van der Waals surface area contributed by atoms with Crippen molar-refractivity contribution in [2.75, 3.05) is 14.2 Å². The molecular weight excluding hydrogens is 566 g/mol. The molecule has 7 nitrogen and oxygen atoms in total. The van der Waals surface area contributed by atoms with E-state index in [0.717, 1.165) is 54.5 Å². The van der Waals surface area contributed by atoms with Crippen molar-refractivity contribution in [1.29, 1.82) is 0 Å². The van der Waals surface area contributed by atoms with Crippen molar-refractivity contribution < 1.29 is 28.5 Å². The smallest absolute Gasteiger partial charge is 0.337 e. The highest BCUT2D eigenvalue weighted by Gasteiger charge is 2.43. The fraction of sp³-hybridized carbons (Fsp3) is 0.368. The van der Waals surface area contributed by atoms with Gasteiger partial charge in [0.25, 0.3) is 0 Å². The van der Waals surface area contributed by atoms with Gasteiger partial charge in [-0.25, -0.2) is 4.79 Å². The Hall–Kier alpha value is -4.52. The largest absolute Gasteiger partial charge is 0.493 e. The molecule has 1 heterocycles. The maximum atomic E-state index is 14.3. The number of nitrogens with one attached hydrogen (secondary N) is 1. The highest BCUT2D eigenvalue weighted by atomic mass is 16.5. The lowest BCUT2D eigenvalue weighted by Gasteiger charge is -2.37. The Kier molecular flexibility index (Phi) is 9.24. The molecule has 0 radical (unpaired) electrons. The van der Waals surface area contributed by atoms with E-state index < -0.39 is 5.92 Å². The summed E-state index contributed by atoms with van der Waals surface area (Å²) < 4.78 is 23.5. The molecule has 3 aliphatic rings. The number of rotatable bonds is 9. The molecule has 1 saturated carbocycles. The van der Waals surface area contributed by atoms with Gasteiger partial charge in [0.05, 0.1) is 25.7 Å². The van der Waals surface area contributed by atoms with Crippen molar-refractivity contribution in [2.24, 2.45) is 0 Å². The van der Waals surface area contributed by atoms with Crippen molar-refractivity contribution >= 4 is 11.8 Å². The summed E-state index contributed by atoms with van der Waals surface area (Å²) in [5.41, 5.74) is 5.46. The Morgan fingerprint density at radius 1 is 0.844 bits per heavy atom. The van der Waals surface area contributed by atoms with Crippen LogP contribution in [-0.2, 0) is 20.9 Å². The van der Waals surface area contributed by atoms with Crippen LogP contribution in [0.1, 0.15) is 80.4 Å². The topological polar surface area (TPSA) is 83.1 Å². The van der Waals surface area contributed by atoms with E-state index in [2.05, 4.69) is 5.32 Å². The molecule has 0 bridgehead atoms. The van der Waals surface area contributed by atoms with Gasteiger partial charge in [0.15, 0.2) is 17.3 Å². The van der Waals surface area contributed by atoms with E-state index in [0.29, 0.717) is 53.5 Å². The molecule has 1 N–H and O–H groups in total. The minimum atomic E-state index is -0.608. The molecule has 2 atom stereocenters. The molecular formula is C38H41NO6. The Balaban J connectivity index is 1.38. The molecule has 7 heteroatoms. The number of para-hydroxylation sites is 1. The second-order valence-electron chi connectivity index (χ2n) is 12.1. The van der Waals surface area contributed by atoms with Crippen LogP contribution in [0.5, 0.6) is 17.2 Å². The molecule has 1 aliphatic heterocycles. The third kappa shape index (κ3) is 6.48. The standard InChI is InChI=1S/C38H41NO6/c1-24-35(38(41)45-28-14-8-5-9-15-28)36(29-16-10-11-17-32(29)44-23-25-12-6-4-7-13-25)37-30(39-24)20-27(21-31(37)40)26-18-19-33(42-2)34(22-26)43-3/h4,6-7,10-13,16-19,22,27-28,36,39H,5,8-9,14-15,20-21,23H2,1-3H3/t27-,36+/m1/s1. The van der Waals surface area contributed by atoms with E-state index in [-0.39, 0.29) is 23.8 Å². The van der Waals surface area contributed by atoms with Crippen LogP contribution in [0.15, 0.2) is 95.3 Å². The first-order valence-electron chi connectivity index (χ1n) is 15.9. The van der Waals surface area contributed by atoms with Crippen LogP contribution >= 0.6 is 0 Å². The fourth-order valence-electron chi connectivity index (χ4n) is 6.95. The molecule has 2 aliphatic carbocycles. The van der Waals surface area contributed by atoms with Crippen LogP contribution in [0.25, 0.3) is 0 Å². The molecule has 3 aromatic rings. The molecule has 0 aromatic heterocycles. The average molecular weight is 608 g/mol. The molecule has 3 aromatic carbocycles. The quantitative estimate of drug-likeness (QED) is 0.252. The summed E-state index contributed by atoms with van der Waals surface area (Å²) >= 11 is 0. The van der Waals surface area contributed by atoms with Gasteiger partial charge in [0.2, 0.25) is 0 Å². The Morgan fingerprint density at radius 3 is 2.33 bits per heavy atom. The summed E-state index contributed by atoms with van der Waals surface area (Å²) in [6.07, 6.45) is 5.82. The molecule has 1 fully saturated rings. The number of esters is 1. The van der Waals surface area contributed by atoms with Crippen LogP contribution in [-0.4, -0.2) is 32.1 Å². The second kappa shape index (κ2) is 13.6. The summed E-state index contributed by atoms with van der Waals surface area (Å²) in [6.45, 7) is 2.28. The van der Waals surface area contributed by atoms with Gasteiger partial charge >= 0.3 is 5.97 Å². The lowest BCUT2D eigenvalue weighted by Crippen LogP contribution is -2.37. The molecule has 234 valence electrons.